The summed E-state index contributed by atoms with van der Waals surface area (Å²) in [5.74, 6) is -1.61. The number of hydrogen-bond donors (Lipinski definition) is 1. The fraction of sp³-hybridized carbons (Fsp3) is 0.167. The highest BCUT2D eigenvalue weighted by Crippen LogP contribution is 2.43. The summed E-state index contributed by atoms with van der Waals surface area (Å²) in [5.41, 5.74) is 1.10. The maximum atomic E-state index is 13.7. The average molecular weight is 437 g/mol. The Bertz CT molecular complexity index is 1170. The summed E-state index contributed by atoms with van der Waals surface area (Å²) in [6.45, 7) is 3.96. The molecule has 1 saturated heterocycles. The van der Waals surface area contributed by atoms with Gasteiger partial charge in [-0.25, -0.2) is 4.39 Å². The molecule has 1 fully saturated rings. The molecule has 0 aliphatic carbocycles. The lowest BCUT2D eigenvalue weighted by molar-refractivity contribution is -0.132. The zero-order valence-corrected chi connectivity index (χ0v) is 17.8. The summed E-state index contributed by atoms with van der Waals surface area (Å²) in [6.07, 6.45) is 0. The first-order chi connectivity index (χ1) is 14.9. The highest BCUT2D eigenvalue weighted by molar-refractivity contribution is 7.10. The Balaban J connectivity index is 1.86. The number of ketones is 1. The number of benzene rings is 2. The van der Waals surface area contributed by atoms with Gasteiger partial charge in [0.05, 0.1) is 12.2 Å². The van der Waals surface area contributed by atoms with E-state index < -0.39 is 23.5 Å². The molecule has 0 saturated carbocycles. The van der Waals surface area contributed by atoms with E-state index in [2.05, 4.69) is 0 Å². The molecule has 31 heavy (non-hydrogen) atoms. The number of aliphatic hydroxyl groups is 1. The number of anilines is 1. The van der Waals surface area contributed by atoms with Crippen LogP contribution in [-0.4, -0.2) is 23.4 Å². The Morgan fingerprint density at radius 2 is 1.90 bits per heavy atom. The monoisotopic (exact) mass is 437 g/mol. The van der Waals surface area contributed by atoms with Crippen LogP contribution in [0.25, 0.3) is 5.76 Å². The Morgan fingerprint density at radius 3 is 2.52 bits per heavy atom. The number of carbonyl (C=O) groups excluding carboxylic acids is 2. The number of aliphatic hydroxyl groups excluding tert-OH is 1. The molecule has 3 aromatic rings. The second-order valence-corrected chi connectivity index (χ2v) is 8.05. The number of aryl methyl sites for hydroxylation is 1. The molecule has 1 aliphatic rings. The lowest BCUT2D eigenvalue weighted by atomic mass is 9.99. The molecule has 4 rings (SSSR count). The normalized spacial score (nSPS) is 17.9. The molecule has 1 aromatic heterocycles. The SMILES string of the molecule is CCOc1ccc(N2C(=O)C(=O)/C(=C(\O)c3ccc(F)c(C)c3)C2c2cccs2)cc1. The van der Waals surface area contributed by atoms with E-state index in [4.69, 9.17) is 4.74 Å². The number of Topliss-reactive ketones (excluding diaryl/α,β-unsaturated/α-hetero) is 1. The van der Waals surface area contributed by atoms with Gasteiger partial charge in [0.15, 0.2) is 0 Å². The molecule has 1 N–H and O–H groups in total. The van der Waals surface area contributed by atoms with Crippen molar-refractivity contribution in [3.05, 3.63) is 87.4 Å². The van der Waals surface area contributed by atoms with Gasteiger partial charge >= 0.3 is 0 Å². The predicted octanol–water partition coefficient (Wildman–Crippen LogP) is 5.22. The van der Waals surface area contributed by atoms with Crippen LogP contribution in [-0.2, 0) is 9.59 Å². The van der Waals surface area contributed by atoms with Gasteiger partial charge in [-0.15, -0.1) is 11.3 Å². The molecule has 2 heterocycles. The topological polar surface area (TPSA) is 66.8 Å². The van der Waals surface area contributed by atoms with Crippen molar-refractivity contribution >= 4 is 34.5 Å². The van der Waals surface area contributed by atoms with E-state index >= 15 is 0 Å². The minimum Gasteiger partial charge on any atom is -0.507 e. The van der Waals surface area contributed by atoms with Crippen molar-refractivity contribution in [3.8, 4) is 5.75 Å². The number of halogens is 1. The van der Waals surface area contributed by atoms with Crippen molar-refractivity contribution in [2.75, 3.05) is 11.5 Å². The van der Waals surface area contributed by atoms with E-state index in [-0.39, 0.29) is 16.9 Å². The standard InChI is InChI=1S/C24H20FNO4S/c1-3-30-17-9-7-16(8-10-17)26-21(19-5-4-12-31-19)20(23(28)24(26)29)22(27)15-6-11-18(25)14(2)13-15/h4-13,21,27H,3H2,1-2H3/b22-20-. The van der Waals surface area contributed by atoms with Crippen LogP contribution in [0.15, 0.2) is 65.6 Å². The second kappa shape index (κ2) is 8.35. The smallest absolute Gasteiger partial charge is 0.300 e. The largest absolute Gasteiger partial charge is 0.507 e. The van der Waals surface area contributed by atoms with Crippen LogP contribution in [0.1, 0.15) is 29.0 Å². The van der Waals surface area contributed by atoms with Gasteiger partial charge in [-0.3, -0.25) is 14.5 Å². The molecule has 7 heteroatoms. The molecule has 5 nitrogen and oxygen atoms in total. The van der Waals surface area contributed by atoms with Crippen molar-refractivity contribution in [2.24, 2.45) is 0 Å². The van der Waals surface area contributed by atoms with Crippen LogP contribution in [0, 0.1) is 12.7 Å². The van der Waals surface area contributed by atoms with Crippen LogP contribution in [0.3, 0.4) is 0 Å². The molecule has 1 unspecified atom stereocenters. The average Bonchev–Trinajstić information content (AvgIpc) is 3.38. The molecule has 1 aliphatic heterocycles. The third kappa shape index (κ3) is 3.72. The van der Waals surface area contributed by atoms with E-state index in [0.717, 1.165) is 4.88 Å². The molecular formula is C24H20FNO4S. The summed E-state index contributed by atoms with van der Waals surface area (Å²) >= 11 is 1.38. The van der Waals surface area contributed by atoms with Gasteiger partial charge in [0.2, 0.25) is 0 Å². The Hall–Kier alpha value is -3.45. The maximum Gasteiger partial charge on any atom is 0.300 e. The van der Waals surface area contributed by atoms with Gasteiger partial charge in [0.1, 0.15) is 23.4 Å². The summed E-state index contributed by atoms with van der Waals surface area (Å²) in [7, 11) is 0. The zero-order chi connectivity index (χ0) is 22.1. The van der Waals surface area contributed by atoms with Crippen LogP contribution in [0.5, 0.6) is 5.75 Å². The van der Waals surface area contributed by atoms with Crippen LogP contribution in [0.2, 0.25) is 0 Å². The minimum atomic E-state index is -0.789. The van der Waals surface area contributed by atoms with E-state index in [0.29, 0.717) is 23.6 Å². The third-order valence-corrected chi connectivity index (χ3v) is 6.04. The van der Waals surface area contributed by atoms with E-state index in [9.17, 15) is 19.1 Å². The Labute approximate surface area is 183 Å². The number of carbonyl (C=O) groups is 2. The molecule has 0 bridgehead atoms. The quantitative estimate of drug-likeness (QED) is 0.338. The minimum absolute atomic E-state index is 0.0210. The fourth-order valence-corrected chi connectivity index (χ4v) is 4.46. The molecule has 158 valence electrons. The second-order valence-electron chi connectivity index (χ2n) is 7.08. The van der Waals surface area contributed by atoms with Gasteiger partial charge in [-0.1, -0.05) is 6.07 Å². The van der Waals surface area contributed by atoms with Gasteiger partial charge in [-0.2, -0.15) is 0 Å². The van der Waals surface area contributed by atoms with Gasteiger partial charge in [0, 0.05) is 16.1 Å². The number of hydrogen-bond acceptors (Lipinski definition) is 5. The lowest BCUT2D eigenvalue weighted by Gasteiger charge is -2.24. The third-order valence-electron chi connectivity index (χ3n) is 5.11. The van der Waals surface area contributed by atoms with Crippen molar-refractivity contribution in [1.29, 1.82) is 0 Å². The van der Waals surface area contributed by atoms with Crippen molar-refractivity contribution in [2.45, 2.75) is 19.9 Å². The van der Waals surface area contributed by atoms with Crippen molar-refractivity contribution < 1.29 is 23.8 Å². The Morgan fingerprint density at radius 1 is 1.16 bits per heavy atom. The highest BCUT2D eigenvalue weighted by atomic mass is 32.1. The van der Waals surface area contributed by atoms with Gasteiger partial charge < -0.3 is 9.84 Å². The molecule has 0 spiro atoms. The summed E-state index contributed by atoms with van der Waals surface area (Å²) in [6, 6.07) is 13.8. The number of ether oxygens (including phenoxy) is 1. The van der Waals surface area contributed by atoms with Crippen LogP contribution >= 0.6 is 11.3 Å². The highest BCUT2D eigenvalue weighted by Gasteiger charge is 2.47. The molecule has 1 atom stereocenters. The number of nitrogens with zero attached hydrogens (tertiary/aromatic N) is 1. The summed E-state index contributed by atoms with van der Waals surface area (Å²) in [5, 5.41) is 12.9. The van der Waals surface area contributed by atoms with Gasteiger partial charge in [0.25, 0.3) is 11.7 Å². The predicted molar refractivity (Wildman–Crippen MR) is 118 cm³/mol. The first-order valence-electron chi connectivity index (χ1n) is 9.76. The van der Waals surface area contributed by atoms with Crippen molar-refractivity contribution in [3.63, 3.8) is 0 Å². The summed E-state index contributed by atoms with van der Waals surface area (Å²) < 4.78 is 19.2. The Kier molecular flexibility index (Phi) is 5.61. The number of thiophene rings is 1. The van der Waals surface area contributed by atoms with Gasteiger partial charge in [-0.05, 0) is 73.3 Å². The maximum absolute atomic E-state index is 13.7. The van der Waals surface area contributed by atoms with Crippen LogP contribution < -0.4 is 9.64 Å². The van der Waals surface area contributed by atoms with E-state index in [1.165, 1.54) is 34.4 Å². The zero-order valence-electron chi connectivity index (χ0n) is 17.0. The molecule has 0 radical (unpaired) electrons. The van der Waals surface area contributed by atoms with E-state index in [1.807, 2.05) is 24.4 Å². The van der Waals surface area contributed by atoms with Crippen LogP contribution in [0.4, 0.5) is 10.1 Å². The lowest BCUT2D eigenvalue weighted by Crippen LogP contribution is -2.29. The summed E-state index contributed by atoms with van der Waals surface area (Å²) in [4.78, 5) is 28.2. The first kappa shape index (κ1) is 20.8. The van der Waals surface area contributed by atoms with Crippen molar-refractivity contribution in [1.82, 2.24) is 0 Å². The molecular weight excluding hydrogens is 417 g/mol. The number of rotatable bonds is 5. The first-order valence-corrected chi connectivity index (χ1v) is 10.6. The van der Waals surface area contributed by atoms with E-state index in [1.54, 1.807) is 31.2 Å². The molecule has 2 aromatic carbocycles. The fourth-order valence-electron chi connectivity index (χ4n) is 3.63. The number of amides is 1. The molecule has 1 amide bonds.